The predicted molar refractivity (Wildman–Crippen MR) is 67.6 cm³/mol. The maximum Gasteiger partial charge on any atom is 0.337 e. The fraction of sp³-hybridized carbons (Fsp3) is 0.462. The molecule has 100 valence electrons. The van der Waals surface area contributed by atoms with Crippen LogP contribution in [0.15, 0.2) is 18.2 Å². The molecule has 0 aromatic heterocycles. The minimum absolute atomic E-state index is 0.0625. The van der Waals surface area contributed by atoms with E-state index in [1.165, 1.54) is 18.2 Å². The van der Waals surface area contributed by atoms with Gasteiger partial charge in [-0.15, -0.1) is 0 Å². The van der Waals surface area contributed by atoms with Crippen LogP contribution in [0.1, 0.15) is 30.1 Å². The highest BCUT2D eigenvalue weighted by Crippen LogP contribution is 2.24. The lowest BCUT2D eigenvalue weighted by Gasteiger charge is -2.25. The van der Waals surface area contributed by atoms with Crippen LogP contribution in [0.3, 0.4) is 0 Å². The van der Waals surface area contributed by atoms with Crippen LogP contribution in [-0.4, -0.2) is 35.9 Å². The molecule has 1 rings (SSSR count). The summed E-state index contributed by atoms with van der Waals surface area (Å²) in [5, 5.41) is 18.1. The summed E-state index contributed by atoms with van der Waals surface area (Å²) in [4.78, 5) is 12.7. The van der Waals surface area contributed by atoms with Crippen LogP contribution >= 0.6 is 0 Å². The molecule has 0 spiro atoms. The summed E-state index contributed by atoms with van der Waals surface area (Å²) in [5.74, 6) is -1.73. The molecule has 0 aliphatic heterocycles. The van der Waals surface area contributed by atoms with E-state index in [0.29, 0.717) is 6.54 Å². The zero-order valence-electron chi connectivity index (χ0n) is 10.4. The van der Waals surface area contributed by atoms with Gasteiger partial charge in [-0.3, -0.25) is 0 Å². The molecular formula is C13H18FNO3. The highest BCUT2D eigenvalue weighted by molar-refractivity contribution is 5.94. The third-order valence-corrected chi connectivity index (χ3v) is 2.68. The van der Waals surface area contributed by atoms with E-state index in [-0.39, 0.29) is 24.4 Å². The van der Waals surface area contributed by atoms with Gasteiger partial charge in [0.1, 0.15) is 5.82 Å². The largest absolute Gasteiger partial charge is 0.478 e. The van der Waals surface area contributed by atoms with Crippen LogP contribution in [0, 0.1) is 5.82 Å². The average Bonchev–Trinajstić information content (AvgIpc) is 2.34. The summed E-state index contributed by atoms with van der Waals surface area (Å²) < 4.78 is 13.8. The van der Waals surface area contributed by atoms with Crippen molar-refractivity contribution in [2.75, 3.05) is 24.6 Å². The Kier molecular flexibility index (Phi) is 5.58. The molecule has 0 radical (unpaired) electrons. The van der Waals surface area contributed by atoms with Crippen LogP contribution in [0.5, 0.6) is 0 Å². The van der Waals surface area contributed by atoms with Crippen molar-refractivity contribution in [1.82, 2.24) is 0 Å². The van der Waals surface area contributed by atoms with Crippen molar-refractivity contribution < 1.29 is 19.4 Å². The van der Waals surface area contributed by atoms with Gasteiger partial charge in [-0.1, -0.05) is 19.4 Å². The first-order valence-corrected chi connectivity index (χ1v) is 5.99. The fourth-order valence-corrected chi connectivity index (χ4v) is 1.81. The standard InChI is InChI=1S/C13H18FNO3/c1-2-3-7-15(8-9-16)12-10(13(17)18)5-4-6-11(12)14/h4-6,16H,2-3,7-9H2,1H3,(H,17,18). The monoisotopic (exact) mass is 255 g/mol. The first-order valence-electron chi connectivity index (χ1n) is 5.99. The molecule has 18 heavy (non-hydrogen) atoms. The van der Waals surface area contributed by atoms with Gasteiger partial charge in [0, 0.05) is 13.1 Å². The number of para-hydroxylation sites is 1. The Bertz CT molecular complexity index is 409. The van der Waals surface area contributed by atoms with Crippen molar-refractivity contribution >= 4 is 11.7 Å². The molecular weight excluding hydrogens is 237 g/mol. The maximum absolute atomic E-state index is 13.8. The molecule has 0 saturated heterocycles. The number of carboxylic acid groups (broad SMARTS) is 1. The number of benzene rings is 1. The molecule has 0 fully saturated rings. The number of anilines is 1. The molecule has 0 heterocycles. The van der Waals surface area contributed by atoms with E-state index in [2.05, 4.69) is 0 Å². The van der Waals surface area contributed by atoms with Crippen LogP contribution in [0.4, 0.5) is 10.1 Å². The summed E-state index contributed by atoms with van der Waals surface area (Å²) in [6.45, 7) is 2.60. The second-order valence-electron chi connectivity index (χ2n) is 4.01. The SMILES string of the molecule is CCCCN(CCO)c1c(F)cccc1C(=O)O. The Morgan fingerprint density at radius 1 is 1.39 bits per heavy atom. The quantitative estimate of drug-likeness (QED) is 0.783. The van der Waals surface area contributed by atoms with Crippen LogP contribution in [0.25, 0.3) is 0 Å². The molecule has 2 N–H and O–H groups in total. The predicted octanol–water partition coefficient (Wildman–Crippen LogP) is 2.12. The minimum Gasteiger partial charge on any atom is -0.478 e. The Morgan fingerprint density at radius 3 is 2.67 bits per heavy atom. The summed E-state index contributed by atoms with van der Waals surface area (Å²) in [7, 11) is 0. The van der Waals surface area contributed by atoms with E-state index < -0.39 is 11.8 Å². The van der Waals surface area contributed by atoms with E-state index in [9.17, 15) is 9.18 Å². The van der Waals surface area contributed by atoms with Gasteiger partial charge in [0.05, 0.1) is 17.9 Å². The second kappa shape index (κ2) is 6.96. The van der Waals surface area contributed by atoms with Gasteiger partial charge < -0.3 is 15.1 Å². The topological polar surface area (TPSA) is 60.8 Å². The Balaban J connectivity index is 3.12. The number of nitrogens with zero attached hydrogens (tertiary/aromatic N) is 1. The van der Waals surface area contributed by atoms with Crippen molar-refractivity contribution in [3.05, 3.63) is 29.6 Å². The van der Waals surface area contributed by atoms with Crippen molar-refractivity contribution in [3.63, 3.8) is 0 Å². The number of aromatic carboxylic acids is 1. The number of unbranched alkanes of at least 4 members (excludes halogenated alkanes) is 1. The first kappa shape index (κ1) is 14.4. The van der Waals surface area contributed by atoms with Gasteiger partial charge in [-0.25, -0.2) is 9.18 Å². The van der Waals surface area contributed by atoms with Crippen LogP contribution in [-0.2, 0) is 0 Å². The molecule has 0 saturated carbocycles. The lowest BCUT2D eigenvalue weighted by atomic mass is 10.1. The molecule has 5 heteroatoms. The number of aliphatic hydroxyl groups excluding tert-OH is 1. The minimum atomic E-state index is -1.16. The second-order valence-corrected chi connectivity index (χ2v) is 4.01. The van der Waals surface area contributed by atoms with E-state index in [1.54, 1.807) is 4.90 Å². The molecule has 0 unspecified atom stereocenters. The highest BCUT2D eigenvalue weighted by Gasteiger charge is 2.19. The Hall–Kier alpha value is -1.62. The summed E-state index contributed by atoms with van der Waals surface area (Å²) in [6, 6.07) is 3.98. The number of hydrogen-bond acceptors (Lipinski definition) is 3. The average molecular weight is 255 g/mol. The lowest BCUT2D eigenvalue weighted by Crippen LogP contribution is -2.30. The third-order valence-electron chi connectivity index (χ3n) is 2.68. The van der Waals surface area contributed by atoms with Crippen LogP contribution in [0.2, 0.25) is 0 Å². The van der Waals surface area contributed by atoms with Gasteiger partial charge in [-0.2, -0.15) is 0 Å². The number of carbonyl (C=O) groups is 1. The Labute approximate surface area is 106 Å². The summed E-state index contributed by atoms with van der Waals surface area (Å²) >= 11 is 0. The van der Waals surface area contributed by atoms with E-state index in [0.717, 1.165) is 12.8 Å². The normalized spacial score (nSPS) is 10.4. The molecule has 0 aliphatic rings. The maximum atomic E-state index is 13.8. The van der Waals surface area contributed by atoms with Gasteiger partial charge in [0.2, 0.25) is 0 Å². The van der Waals surface area contributed by atoms with Crippen molar-refractivity contribution in [3.8, 4) is 0 Å². The molecule has 1 aromatic carbocycles. The van der Waals surface area contributed by atoms with Gasteiger partial charge in [-0.05, 0) is 18.6 Å². The molecule has 4 nitrogen and oxygen atoms in total. The smallest absolute Gasteiger partial charge is 0.337 e. The molecule has 0 amide bonds. The molecule has 1 aromatic rings. The van der Waals surface area contributed by atoms with E-state index in [1.807, 2.05) is 6.92 Å². The lowest BCUT2D eigenvalue weighted by molar-refractivity contribution is 0.0697. The number of carboxylic acids is 1. The zero-order valence-corrected chi connectivity index (χ0v) is 10.4. The highest BCUT2D eigenvalue weighted by atomic mass is 19.1. The van der Waals surface area contributed by atoms with Crippen molar-refractivity contribution in [2.45, 2.75) is 19.8 Å². The fourth-order valence-electron chi connectivity index (χ4n) is 1.81. The van der Waals surface area contributed by atoms with E-state index >= 15 is 0 Å². The van der Waals surface area contributed by atoms with Gasteiger partial charge >= 0.3 is 5.97 Å². The molecule has 0 aliphatic carbocycles. The Morgan fingerprint density at radius 2 is 2.11 bits per heavy atom. The number of aliphatic hydroxyl groups is 1. The first-order chi connectivity index (χ1) is 8.61. The third kappa shape index (κ3) is 3.43. The zero-order chi connectivity index (χ0) is 13.5. The van der Waals surface area contributed by atoms with E-state index in [4.69, 9.17) is 10.2 Å². The summed E-state index contributed by atoms with van der Waals surface area (Å²) in [5.41, 5.74) is -0.00736. The van der Waals surface area contributed by atoms with Crippen LogP contribution < -0.4 is 4.90 Å². The van der Waals surface area contributed by atoms with Crippen molar-refractivity contribution in [2.24, 2.45) is 0 Å². The van der Waals surface area contributed by atoms with Crippen molar-refractivity contribution in [1.29, 1.82) is 0 Å². The summed E-state index contributed by atoms with van der Waals surface area (Å²) in [6.07, 6.45) is 1.73. The number of rotatable bonds is 7. The number of hydrogen-bond donors (Lipinski definition) is 2. The molecule has 0 atom stereocenters. The van der Waals surface area contributed by atoms with Gasteiger partial charge in [0.25, 0.3) is 0 Å². The number of halogens is 1. The van der Waals surface area contributed by atoms with Gasteiger partial charge in [0.15, 0.2) is 0 Å². The molecule has 0 bridgehead atoms.